The molecule has 0 radical (unpaired) electrons. The van der Waals surface area contributed by atoms with Crippen molar-refractivity contribution in [2.75, 3.05) is 18.9 Å². The molecule has 4 heteroatoms. The van der Waals surface area contributed by atoms with Gasteiger partial charge in [-0.2, -0.15) is 0 Å². The maximum absolute atomic E-state index is 5.89. The van der Waals surface area contributed by atoms with Crippen LogP contribution in [0.3, 0.4) is 0 Å². The van der Waals surface area contributed by atoms with Gasteiger partial charge in [-0.15, -0.1) is 0 Å². The highest BCUT2D eigenvalue weighted by Gasteiger charge is 2.33. The molecule has 2 aliphatic rings. The van der Waals surface area contributed by atoms with E-state index >= 15 is 0 Å². The lowest BCUT2D eigenvalue weighted by Gasteiger charge is -2.43. The van der Waals surface area contributed by atoms with E-state index in [0.717, 1.165) is 19.7 Å². The van der Waals surface area contributed by atoms with Gasteiger partial charge in [-0.25, -0.2) is 4.98 Å². The first-order valence-corrected chi connectivity index (χ1v) is 6.89. The lowest BCUT2D eigenvalue weighted by molar-refractivity contribution is -0.0911. The van der Waals surface area contributed by atoms with Gasteiger partial charge >= 0.3 is 0 Å². The molecule has 1 aliphatic carbocycles. The van der Waals surface area contributed by atoms with E-state index in [0.29, 0.717) is 18.0 Å². The van der Waals surface area contributed by atoms with Crippen LogP contribution in [0, 0.1) is 0 Å². The number of ether oxygens (including phenoxy) is 1. The minimum absolute atomic E-state index is 0.451. The molecule has 2 unspecified atom stereocenters. The number of hydrogen-bond acceptors (Lipinski definition) is 4. The van der Waals surface area contributed by atoms with Crippen molar-refractivity contribution >= 4 is 5.82 Å². The molecule has 3 rings (SSSR count). The molecule has 1 aromatic rings. The number of anilines is 1. The SMILES string of the molecule is Nc1cc(CN2CCOC3CCCCC32)ccn1. The molecule has 1 aliphatic heterocycles. The fourth-order valence-electron chi connectivity index (χ4n) is 3.20. The highest BCUT2D eigenvalue weighted by Crippen LogP contribution is 2.29. The van der Waals surface area contributed by atoms with E-state index in [-0.39, 0.29) is 0 Å². The average Bonchev–Trinajstić information content (AvgIpc) is 2.39. The van der Waals surface area contributed by atoms with Crippen LogP contribution in [-0.2, 0) is 11.3 Å². The number of pyridine rings is 1. The molecule has 18 heavy (non-hydrogen) atoms. The minimum Gasteiger partial charge on any atom is -0.384 e. The highest BCUT2D eigenvalue weighted by atomic mass is 16.5. The number of nitrogens with two attached hydrogens (primary N) is 1. The summed E-state index contributed by atoms with van der Waals surface area (Å²) in [6.45, 7) is 2.86. The number of morpholine rings is 1. The number of nitrogens with zero attached hydrogens (tertiary/aromatic N) is 2. The first-order valence-electron chi connectivity index (χ1n) is 6.89. The summed E-state index contributed by atoms with van der Waals surface area (Å²) in [5.41, 5.74) is 7.00. The zero-order valence-electron chi connectivity index (χ0n) is 10.7. The Balaban J connectivity index is 1.71. The zero-order valence-corrected chi connectivity index (χ0v) is 10.7. The van der Waals surface area contributed by atoms with E-state index in [9.17, 15) is 0 Å². The average molecular weight is 247 g/mol. The van der Waals surface area contributed by atoms with Crippen molar-refractivity contribution in [3.05, 3.63) is 23.9 Å². The van der Waals surface area contributed by atoms with Gasteiger partial charge in [-0.3, -0.25) is 4.90 Å². The smallest absolute Gasteiger partial charge is 0.123 e. The van der Waals surface area contributed by atoms with E-state index in [2.05, 4.69) is 16.0 Å². The Morgan fingerprint density at radius 2 is 2.28 bits per heavy atom. The van der Waals surface area contributed by atoms with E-state index in [1.165, 1.54) is 31.2 Å². The van der Waals surface area contributed by atoms with E-state index in [4.69, 9.17) is 10.5 Å². The predicted molar refractivity (Wildman–Crippen MR) is 71.1 cm³/mol. The van der Waals surface area contributed by atoms with E-state index < -0.39 is 0 Å². The first kappa shape index (κ1) is 11.9. The lowest BCUT2D eigenvalue weighted by atomic mass is 9.90. The van der Waals surface area contributed by atoms with Gasteiger partial charge in [0, 0.05) is 25.3 Å². The van der Waals surface area contributed by atoms with Crippen LogP contribution in [0.25, 0.3) is 0 Å². The monoisotopic (exact) mass is 247 g/mol. The number of hydrogen-bond donors (Lipinski definition) is 1. The van der Waals surface area contributed by atoms with Gasteiger partial charge in [0.15, 0.2) is 0 Å². The Kier molecular flexibility index (Phi) is 3.48. The Morgan fingerprint density at radius 1 is 1.39 bits per heavy atom. The van der Waals surface area contributed by atoms with Crippen LogP contribution < -0.4 is 5.73 Å². The maximum Gasteiger partial charge on any atom is 0.123 e. The second kappa shape index (κ2) is 5.24. The fourth-order valence-corrected chi connectivity index (χ4v) is 3.20. The van der Waals surface area contributed by atoms with Crippen molar-refractivity contribution in [3.8, 4) is 0 Å². The van der Waals surface area contributed by atoms with Crippen molar-refractivity contribution in [2.24, 2.45) is 0 Å². The fraction of sp³-hybridized carbons (Fsp3) is 0.643. The molecule has 0 amide bonds. The van der Waals surface area contributed by atoms with Crippen molar-refractivity contribution in [1.82, 2.24) is 9.88 Å². The number of aromatic nitrogens is 1. The van der Waals surface area contributed by atoms with Gasteiger partial charge in [-0.1, -0.05) is 12.8 Å². The van der Waals surface area contributed by atoms with Crippen molar-refractivity contribution in [3.63, 3.8) is 0 Å². The van der Waals surface area contributed by atoms with Crippen molar-refractivity contribution in [1.29, 1.82) is 0 Å². The topological polar surface area (TPSA) is 51.4 Å². The largest absolute Gasteiger partial charge is 0.384 e. The highest BCUT2D eigenvalue weighted by molar-refractivity contribution is 5.31. The van der Waals surface area contributed by atoms with Crippen LogP contribution >= 0.6 is 0 Å². The van der Waals surface area contributed by atoms with Crippen LogP contribution in [0.4, 0.5) is 5.82 Å². The maximum atomic E-state index is 5.89. The standard InChI is InChI=1S/C14H21N3O/c15-14-9-11(5-6-16-14)10-17-7-8-18-13-4-2-1-3-12(13)17/h5-6,9,12-13H,1-4,7-8,10H2,(H2,15,16). The third-order valence-electron chi connectivity index (χ3n) is 4.08. The second-order valence-electron chi connectivity index (χ2n) is 5.32. The normalized spacial score (nSPS) is 28.9. The van der Waals surface area contributed by atoms with Crippen molar-refractivity contribution < 1.29 is 4.74 Å². The van der Waals surface area contributed by atoms with Gasteiger partial charge < -0.3 is 10.5 Å². The molecule has 0 aromatic carbocycles. The molecule has 2 N–H and O–H groups in total. The molecule has 2 heterocycles. The van der Waals surface area contributed by atoms with Gasteiger partial charge in [0.1, 0.15) is 5.82 Å². The van der Waals surface area contributed by atoms with E-state index in [1.54, 1.807) is 6.20 Å². The van der Waals surface area contributed by atoms with Crippen LogP contribution in [0.2, 0.25) is 0 Å². The summed E-state index contributed by atoms with van der Waals surface area (Å²) in [6.07, 6.45) is 7.39. The van der Waals surface area contributed by atoms with Crippen molar-refractivity contribution in [2.45, 2.75) is 44.4 Å². The van der Waals surface area contributed by atoms with E-state index in [1.807, 2.05) is 6.07 Å². The third-order valence-corrected chi connectivity index (χ3v) is 4.08. The number of fused-ring (bicyclic) bond motifs is 1. The summed E-state index contributed by atoms with van der Waals surface area (Å²) in [6, 6.07) is 4.64. The summed E-state index contributed by atoms with van der Waals surface area (Å²) < 4.78 is 5.89. The Hall–Kier alpha value is -1.13. The van der Waals surface area contributed by atoms with Crippen LogP contribution in [0.5, 0.6) is 0 Å². The molecule has 1 saturated carbocycles. The number of rotatable bonds is 2. The molecular weight excluding hydrogens is 226 g/mol. The Bertz CT molecular complexity index is 408. The van der Waals surface area contributed by atoms with Gasteiger partial charge in [0.25, 0.3) is 0 Å². The number of nitrogen functional groups attached to an aromatic ring is 1. The Labute approximate surface area is 108 Å². The molecular formula is C14H21N3O. The summed E-state index contributed by atoms with van der Waals surface area (Å²) in [5, 5.41) is 0. The summed E-state index contributed by atoms with van der Waals surface area (Å²) in [5.74, 6) is 0.612. The van der Waals surface area contributed by atoms with Gasteiger partial charge in [0.2, 0.25) is 0 Å². The molecule has 2 fully saturated rings. The third kappa shape index (κ3) is 2.49. The summed E-state index contributed by atoms with van der Waals surface area (Å²) in [7, 11) is 0. The molecule has 2 atom stereocenters. The van der Waals surface area contributed by atoms with Crippen LogP contribution in [0.1, 0.15) is 31.2 Å². The molecule has 0 bridgehead atoms. The van der Waals surface area contributed by atoms with Gasteiger partial charge in [-0.05, 0) is 30.5 Å². The quantitative estimate of drug-likeness (QED) is 0.866. The molecule has 98 valence electrons. The molecule has 1 saturated heterocycles. The lowest BCUT2D eigenvalue weighted by Crippen LogP contribution is -2.52. The second-order valence-corrected chi connectivity index (χ2v) is 5.32. The molecule has 1 aromatic heterocycles. The predicted octanol–water partition coefficient (Wildman–Crippen LogP) is 1.81. The molecule has 0 spiro atoms. The summed E-state index contributed by atoms with van der Waals surface area (Å²) in [4.78, 5) is 6.61. The minimum atomic E-state index is 0.451. The molecule has 4 nitrogen and oxygen atoms in total. The summed E-state index contributed by atoms with van der Waals surface area (Å²) >= 11 is 0. The Morgan fingerprint density at radius 3 is 3.17 bits per heavy atom. The zero-order chi connectivity index (χ0) is 12.4. The van der Waals surface area contributed by atoms with Crippen LogP contribution in [0.15, 0.2) is 18.3 Å². The van der Waals surface area contributed by atoms with Gasteiger partial charge in [0.05, 0.1) is 12.7 Å². The first-order chi connectivity index (χ1) is 8.83. The van der Waals surface area contributed by atoms with Crippen LogP contribution in [-0.4, -0.2) is 35.2 Å².